The number of carbonyl (C=O) groups excluding carboxylic acids is 2. The first-order chi connectivity index (χ1) is 11.3. The Labute approximate surface area is 151 Å². The number of hydrogen-bond acceptors (Lipinski definition) is 4. The van der Waals surface area contributed by atoms with Gasteiger partial charge in [-0.3, -0.25) is 4.79 Å². The molecule has 1 heterocycles. The molecule has 25 heavy (non-hydrogen) atoms. The molecule has 0 aliphatic heterocycles. The van der Waals surface area contributed by atoms with Gasteiger partial charge in [0, 0.05) is 5.69 Å². The van der Waals surface area contributed by atoms with Gasteiger partial charge < -0.3 is 10.1 Å². The van der Waals surface area contributed by atoms with Crippen LogP contribution in [-0.2, 0) is 9.53 Å². The number of aromatic nitrogens is 2. The number of esters is 1. The van der Waals surface area contributed by atoms with Crippen LogP contribution >= 0.6 is 0 Å². The van der Waals surface area contributed by atoms with Crippen LogP contribution in [-0.4, -0.2) is 34.9 Å². The first kappa shape index (κ1) is 21.2. The molecule has 1 rings (SSSR count). The van der Waals surface area contributed by atoms with Crippen LogP contribution in [0.4, 0.5) is 4.79 Å². The first-order valence-electron chi connectivity index (χ1n) is 8.79. The van der Waals surface area contributed by atoms with Crippen molar-refractivity contribution in [3.05, 3.63) is 17.5 Å². The van der Waals surface area contributed by atoms with Crippen molar-refractivity contribution in [3.8, 4) is 0 Å². The van der Waals surface area contributed by atoms with Crippen molar-refractivity contribution in [1.82, 2.24) is 15.1 Å². The third-order valence-electron chi connectivity index (χ3n) is 3.97. The lowest BCUT2D eigenvalue weighted by Crippen LogP contribution is -2.36. The van der Waals surface area contributed by atoms with Crippen LogP contribution in [0.3, 0.4) is 0 Å². The Kier molecular flexibility index (Phi) is 6.80. The largest absolute Gasteiger partial charge is 0.464 e. The maximum absolute atomic E-state index is 12.5. The molecule has 0 fully saturated rings. The molecule has 0 saturated carbocycles. The summed E-state index contributed by atoms with van der Waals surface area (Å²) in [4.78, 5) is 24.5. The molecule has 142 valence electrons. The standard InChI is InChI=1S/C19H33N3O3/c1-13-11-14(2)22(21-13)17(24)20-9-10-25-16(23)15(19(6,7)8)12-18(3,4)5/h11,15H,9-10,12H2,1-8H3,(H,20,24). The van der Waals surface area contributed by atoms with Gasteiger partial charge in [0.25, 0.3) is 0 Å². The zero-order valence-corrected chi connectivity index (χ0v) is 16.9. The zero-order valence-electron chi connectivity index (χ0n) is 16.9. The quantitative estimate of drug-likeness (QED) is 0.648. The molecule has 6 heteroatoms. The van der Waals surface area contributed by atoms with E-state index >= 15 is 0 Å². The van der Waals surface area contributed by atoms with Gasteiger partial charge in [-0.15, -0.1) is 0 Å². The third-order valence-corrected chi connectivity index (χ3v) is 3.97. The van der Waals surface area contributed by atoms with Crippen LogP contribution in [0.1, 0.15) is 59.4 Å². The summed E-state index contributed by atoms with van der Waals surface area (Å²) in [5.74, 6) is -0.387. The van der Waals surface area contributed by atoms with Gasteiger partial charge in [-0.25, -0.2) is 4.79 Å². The molecule has 0 bridgehead atoms. The Bertz CT molecular complexity index is 606. The molecule has 0 aliphatic carbocycles. The van der Waals surface area contributed by atoms with Crippen LogP contribution in [0.2, 0.25) is 0 Å². The summed E-state index contributed by atoms with van der Waals surface area (Å²) in [5, 5.41) is 6.84. The van der Waals surface area contributed by atoms with E-state index in [4.69, 9.17) is 4.74 Å². The second-order valence-corrected chi connectivity index (χ2v) is 8.92. The number of amides is 1. The van der Waals surface area contributed by atoms with Crippen LogP contribution in [0.5, 0.6) is 0 Å². The van der Waals surface area contributed by atoms with E-state index in [-0.39, 0.29) is 41.9 Å². The average molecular weight is 351 g/mol. The molecule has 1 amide bonds. The van der Waals surface area contributed by atoms with E-state index in [1.807, 2.05) is 19.9 Å². The molecular formula is C19H33N3O3. The van der Waals surface area contributed by atoms with Crippen LogP contribution in [0.25, 0.3) is 0 Å². The molecule has 0 radical (unpaired) electrons. The smallest absolute Gasteiger partial charge is 0.342 e. The summed E-state index contributed by atoms with van der Waals surface area (Å²) in [7, 11) is 0. The van der Waals surface area contributed by atoms with Gasteiger partial charge >= 0.3 is 12.0 Å². The Morgan fingerprint density at radius 1 is 1.20 bits per heavy atom. The van der Waals surface area contributed by atoms with Crippen LogP contribution < -0.4 is 5.32 Å². The van der Waals surface area contributed by atoms with Crippen molar-refractivity contribution >= 4 is 12.0 Å². The first-order valence-corrected chi connectivity index (χ1v) is 8.79. The van der Waals surface area contributed by atoms with Crippen molar-refractivity contribution in [2.75, 3.05) is 13.2 Å². The molecule has 0 saturated heterocycles. The van der Waals surface area contributed by atoms with Gasteiger partial charge in [-0.2, -0.15) is 9.78 Å². The van der Waals surface area contributed by atoms with E-state index in [1.165, 1.54) is 4.68 Å². The van der Waals surface area contributed by atoms with Gasteiger partial charge in [0.1, 0.15) is 6.61 Å². The number of aryl methyl sites for hydroxylation is 2. The highest BCUT2D eigenvalue weighted by atomic mass is 16.5. The van der Waals surface area contributed by atoms with E-state index in [2.05, 4.69) is 52.0 Å². The zero-order chi connectivity index (χ0) is 19.4. The molecular weight excluding hydrogens is 318 g/mol. The average Bonchev–Trinajstić information content (AvgIpc) is 2.77. The van der Waals surface area contributed by atoms with Crippen LogP contribution in [0.15, 0.2) is 6.07 Å². The molecule has 1 aromatic rings. The Hall–Kier alpha value is -1.85. The van der Waals surface area contributed by atoms with E-state index in [1.54, 1.807) is 0 Å². The van der Waals surface area contributed by atoms with E-state index < -0.39 is 0 Å². The lowest BCUT2D eigenvalue weighted by molar-refractivity contribution is -0.153. The van der Waals surface area contributed by atoms with Gasteiger partial charge in [-0.05, 0) is 37.2 Å². The maximum atomic E-state index is 12.5. The minimum Gasteiger partial charge on any atom is -0.464 e. The summed E-state index contributed by atoms with van der Waals surface area (Å²) in [6.45, 7) is 16.6. The van der Waals surface area contributed by atoms with Gasteiger partial charge in [0.05, 0.1) is 18.2 Å². The predicted octanol–water partition coefficient (Wildman–Crippen LogP) is 3.70. The van der Waals surface area contributed by atoms with E-state index in [0.29, 0.717) is 0 Å². The van der Waals surface area contributed by atoms with Gasteiger partial charge in [0.15, 0.2) is 0 Å². The molecule has 0 aromatic carbocycles. The molecule has 0 spiro atoms. The fourth-order valence-electron chi connectivity index (χ4n) is 2.68. The topological polar surface area (TPSA) is 73.2 Å². The van der Waals surface area contributed by atoms with Crippen LogP contribution in [0, 0.1) is 30.6 Å². The summed E-state index contributed by atoms with van der Waals surface area (Å²) in [5.41, 5.74) is 1.43. The molecule has 1 N–H and O–H groups in total. The monoisotopic (exact) mass is 351 g/mol. The molecule has 1 atom stereocenters. The minimum absolute atomic E-state index is 0.0423. The lowest BCUT2D eigenvalue weighted by Gasteiger charge is -2.33. The van der Waals surface area contributed by atoms with E-state index in [0.717, 1.165) is 17.8 Å². The second-order valence-electron chi connectivity index (χ2n) is 8.92. The molecule has 0 aliphatic rings. The van der Waals surface area contributed by atoms with Gasteiger partial charge in [0.2, 0.25) is 0 Å². The van der Waals surface area contributed by atoms with E-state index in [9.17, 15) is 9.59 Å². The molecule has 1 aromatic heterocycles. The van der Waals surface area contributed by atoms with Gasteiger partial charge in [-0.1, -0.05) is 41.5 Å². The highest BCUT2D eigenvalue weighted by molar-refractivity contribution is 5.76. The summed E-state index contributed by atoms with van der Waals surface area (Å²) in [6, 6.07) is 1.52. The number of nitrogens with zero attached hydrogens (tertiary/aromatic N) is 2. The molecule has 1 unspecified atom stereocenters. The number of rotatable bonds is 5. The Morgan fingerprint density at radius 3 is 2.24 bits per heavy atom. The number of hydrogen-bond donors (Lipinski definition) is 1. The fraction of sp³-hybridized carbons (Fsp3) is 0.737. The highest BCUT2D eigenvalue weighted by Crippen LogP contribution is 2.36. The van der Waals surface area contributed by atoms with Crippen molar-refractivity contribution < 1.29 is 14.3 Å². The minimum atomic E-state index is -0.316. The molecule has 6 nitrogen and oxygen atoms in total. The van der Waals surface area contributed by atoms with Crippen molar-refractivity contribution in [2.24, 2.45) is 16.7 Å². The maximum Gasteiger partial charge on any atom is 0.342 e. The summed E-state index contributed by atoms with van der Waals surface area (Å²) < 4.78 is 6.73. The van der Waals surface area contributed by atoms with Crippen molar-refractivity contribution in [1.29, 1.82) is 0 Å². The normalized spacial score (nSPS) is 13.4. The third kappa shape index (κ3) is 6.88. The number of nitrogens with one attached hydrogen (secondary N) is 1. The van der Waals surface area contributed by atoms with Crippen molar-refractivity contribution in [3.63, 3.8) is 0 Å². The number of carbonyl (C=O) groups is 2. The highest BCUT2D eigenvalue weighted by Gasteiger charge is 2.35. The second kappa shape index (κ2) is 8.02. The Morgan fingerprint density at radius 2 is 1.80 bits per heavy atom. The summed E-state index contributed by atoms with van der Waals surface area (Å²) in [6.07, 6.45) is 0.757. The Balaban J connectivity index is 2.52. The fourth-order valence-corrected chi connectivity index (χ4v) is 2.68. The summed E-state index contributed by atoms with van der Waals surface area (Å²) >= 11 is 0. The number of ether oxygens (including phenoxy) is 1. The SMILES string of the molecule is Cc1cc(C)n(C(=O)NCCOC(=O)C(CC(C)(C)C)C(C)(C)C)n1. The predicted molar refractivity (Wildman–Crippen MR) is 98.5 cm³/mol. The van der Waals surface area contributed by atoms with Crippen molar-refractivity contribution in [2.45, 2.75) is 61.8 Å². The lowest BCUT2D eigenvalue weighted by atomic mass is 9.72.